The van der Waals surface area contributed by atoms with E-state index in [9.17, 15) is 34.0 Å². The number of rotatable bonds is 43. The quantitative estimate of drug-likeness (QED) is 0.0564. The number of carbonyl (C=O) groups excluding carboxylic acids is 6. The van der Waals surface area contributed by atoms with Crippen LogP contribution >= 0.6 is 0 Å². The van der Waals surface area contributed by atoms with Gasteiger partial charge in [-0.25, -0.2) is 14.3 Å². The van der Waals surface area contributed by atoms with Crippen molar-refractivity contribution in [3.05, 3.63) is 35.5 Å². The van der Waals surface area contributed by atoms with Gasteiger partial charge < -0.3 is 71.9 Å². The number of amides is 6. The highest BCUT2D eigenvalue weighted by molar-refractivity contribution is 6.08. The van der Waals surface area contributed by atoms with Gasteiger partial charge in [-0.1, -0.05) is 18.6 Å². The van der Waals surface area contributed by atoms with Crippen molar-refractivity contribution < 1.29 is 90.4 Å². The van der Waals surface area contributed by atoms with Crippen LogP contribution in [-0.4, -0.2) is 250 Å². The van der Waals surface area contributed by atoms with E-state index in [1.165, 1.54) is 11.0 Å². The van der Waals surface area contributed by atoms with Crippen LogP contribution in [-0.2, 0) is 87.4 Å². The van der Waals surface area contributed by atoms with E-state index in [4.69, 9.17) is 61.7 Å². The number of hydrogen-bond acceptors (Lipinski definition) is 22. The number of hydrogen-bond donors (Lipinski definition) is 1. The van der Waals surface area contributed by atoms with Gasteiger partial charge in [0.15, 0.2) is 0 Å². The molecule has 1 atom stereocenters. The fraction of sp³-hybridized carbons (Fsp3) is 0.722. The van der Waals surface area contributed by atoms with Gasteiger partial charge in [0.1, 0.15) is 11.2 Å². The molecule has 3 saturated heterocycles. The smallest absolute Gasteiger partial charge is 0.335 e. The number of benzene rings is 1. The van der Waals surface area contributed by atoms with Gasteiger partial charge in [-0.15, -0.1) is 10.2 Å². The Balaban J connectivity index is 0.000000300. The molecule has 452 valence electrons. The van der Waals surface area contributed by atoms with Gasteiger partial charge in [0.2, 0.25) is 0 Å². The van der Waals surface area contributed by atoms with E-state index >= 15 is 0 Å². The van der Waals surface area contributed by atoms with E-state index in [0.717, 1.165) is 32.3 Å². The Labute approximate surface area is 473 Å². The van der Waals surface area contributed by atoms with Crippen molar-refractivity contribution in [3.8, 4) is 17.3 Å². The Bertz CT molecular complexity index is 2230. The summed E-state index contributed by atoms with van der Waals surface area (Å²) in [6.07, 6.45) is 6.32. The summed E-state index contributed by atoms with van der Waals surface area (Å²) >= 11 is 0. The molecule has 6 rings (SSSR count). The molecule has 1 saturated carbocycles. The molecule has 1 N–H and O–H groups in total. The molecule has 1 unspecified atom stereocenters. The average molecular weight is 1150 g/mol. The van der Waals surface area contributed by atoms with Gasteiger partial charge >= 0.3 is 12.0 Å². The van der Waals surface area contributed by atoms with E-state index < -0.39 is 23.3 Å². The molecule has 1 aromatic heterocycles. The van der Waals surface area contributed by atoms with Crippen LogP contribution in [0.1, 0.15) is 74.2 Å². The molecule has 4 fully saturated rings. The first-order valence-electron chi connectivity index (χ1n) is 27.9. The molecule has 2 aromatic rings. The van der Waals surface area contributed by atoms with Gasteiger partial charge in [-0.2, -0.15) is 5.26 Å². The number of ether oxygens (including phenoxy) is 12. The van der Waals surface area contributed by atoms with Crippen LogP contribution in [0.15, 0.2) is 24.4 Å². The lowest BCUT2D eigenvalue weighted by Crippen LogP contribution is -2.50. The monoisotopic (exact) mass is 1150 g/mol. The summed E-state index contributed by atoms with van der Waals surface area (Å²) in [4.78, 5) is 81.4. The second-order valence-corrected chi connectivity index (χ2v) is 19.0. The minimum absolute atomic E-state index is 0.0635. The third kappa shape index (κ3) is 24.4. The first kappa shape index (κ1) is 66.2. The summed E-state index contributed by atoms with van der Waals surface area (Å²) in [6.45, 7) is 14.3. The topological polar surface area (TPSA) is 299 Å². The molecule has 1 spiro atoms. The number of nitrogens with one attached hydrogen (secondary N) is 1. The second-order valence-electron chi connectivity index (χ2n) is 19.0. The van der Waals surface area contributed by atoms with Crippen LogP contribution in [0, 0.1) is 17.2 Å². The summed E-state index contributed by atoms with van der Waals surface area (Å²) in [5.74, 6) is -1.91. The number of aromatic nitrogens is 3. The van der Waals surface area contributed by atoms with E-state index in [1.54, 1.807) is 35.0 Å². The lowest BCUT2D eigenvalue weighted by atomic mass is 9.85. The Morgan fingerprint density at radius 3 is 1.68 bits per heavy atom. The third-order valence-electron chi connectivity index (χ3n) is 12.9. The molecule has 6 amide bonds. The highest BCUT2D eigenvalue weighted by Gasteiger charge is 2.56. The molecule has 4 aliphatic rings. The molecular formula is C54H82N8O19. The van der Waals surface area contributed by atoms with E-state index in [-0.39, 0.29) is 50.3 Å². The summed E-state index contributed by atoms with van der Waals surface area (Å²) < 4.78 is 65.9. The summed E-state index contributed by atoms with van der Waals surface area (Å²) in [7, 11) is 1.63. The Kier molecular flexibility index (Phi) is 31.9. The van der Waals surface area contributed by atoms with Crippen molar-refractivity contribution in [2.24, 2.45) is 5.92 Å². The first-order chi connectivity index (χ1) is 39.6. The zero-order valence-corrected chi connectivity index (χ0v) is 47.0. The summed E-state index contributed by atoms with van der Waals surface area (Å²) in [6, 6.07) is 6.61. The number of carbonyl (C=O) groups is 6. The fourth-order valence-electron chi connectivity index (χ4n) is 8.31. The summed E-state index contributed by atoms with van der Waals surface area (Å²) in [5, 5.41) is 21.4. The normalized spacial score (nSPS) is 17.0. The fourth-order valence-corrected chi connectivity index (χ4v) is 8.31. The molecule has 81 heavy (non-hydrogen) atoms. The van der Waals surface area contributed by atoms with Crippen molar-refractivity contribution in [3.63, 3.8) is 0 Å². The zero-order valence-electron chi connectivity index (χ0n) is 47.0. The highest BCUT2D eigenvalue weighted by Crippen LogP contribution is 2.34. The Morgan fingerprint density at radius 1 is 0.679 bits per heavy atom. The number of imide groups is 2. The van der Waals surface area contributed by atoms with Gasteiger partial charge in [0.05, 0.1) is 183 Å². The van der Waals surface area contributed by atoms with Crippen LogP contribution in [0.5, 0.6) is 0 Å². The number of likely N-dealkylation sites (tertiary alicyclic amines) is 1. The average Bonchev–Trinajstić information content (AvgIpc) is 4.31. The van der Waals surface area contributed by atoms with Gasteiger partial charge in [-0.3, -0.25) is 24.1 Å². The lowest BCUT2D eigenvalue weighted by molar-refractivity contribution is -0.198. The van der Waals surface area contributed by atoms with Crippen LogP contribution < -0.4 is 5.32 Å². The predicted octanol–water partition coefficient (Wildman–Crippen LogP) is 1.98. The van der Waals surface area contributed by atoms with E-state index in [2.05, 4.69) is 28.6 Å². The van der Waals surface area contributed by atoms with Crippen LogP contribution in [0.4, 0.5) is 4.79 Å². The van der Waals surface area contributed by atoms with Gasteiger partial charge in [0, 0.05) is 50.8 Å². The largest absolute Gasteiger partial charge is 0.382 e. The molecule has 1 aliphatic carbocycles. The number of urea groups is 1. The molecule has 27 heteroatoms. The maximum atomic E-state index is 13.6. The van der Waals surface area contributed by atoms with Crippen LogP contribution in [0.3, 0.4) is 0 Å². The van der Waals surface area contributed by atoms with Gasteiger partial charge in [-0.05, 0) is 49.8 Å². The standard InChI is InChI=1S/C30H39N7O6.C24H43NO13/c1-2-9-41-11-13-43-14-12-42-10-8-36-20-26(33-34-36)24-15-23(18-31)16-25(17-24)27(38)35-7-6-30(21-35)28(39)37(29(40)32-30)19-22-4-3-5-22;1-29-6-7-31-10-11-33-14-15-35-18-19-37-21-20-36-17-16-34-13-12-32-9-8-30-5-4-24(28)38-25-22(26)2-3-23(25)27/h15-17,20,22H,2-14,19,21H2,1H3,(H,32,40);2-21H2,1H3. The lowest BCUT2D eigenvalue weighted by Gasteiger charge is -2.29. The van der Waals surface area contributed by atoms with E-state index in [0.29, 0.717) is 198 Å². The number of methoxy groups -OCH3 is 1. The van der Waals surface area contributed by atoms with Crippen molar-refractivity contribution in [1.82, 2.24) is 35.2 Å². The third-order valence-corrected chi connectivity index (χ3v) is 12.9. The molecule has 3 aliphatic heterocycles. The molecule has 1 aromatic carbocycles. The highest BCUT2D eigenvalue weighted by atomic mass is 16.7. The molecule has 0 radical (unpaired) electrons. The number of hydroxylamine groups is 2. The molecule has 0 bridgehead atoms. The maximum Gasteiger partial charge on any atom is 0.335 e. The predicted molar refractivity (Wildman–Crippen MR) is 284 cm³/mol. The number of nitrogens with zero attached hydrogens (tertiary/aromatic N) is 7. The minimum Gasteiger partial charge on any atom is -0.382 e. The van der Waals surface area contributed by atoms with E-state index in [1.807, 2.05) is 0 Å². The second kappa shape index (κ2) is 39.0. The van der Waals surface area contributed by atoms with Crippen molar-refractivity contribution in [2.45, 2.75) is 70.4 Å². The van der Waals surface area contributed by atoms with Crippen LogP contribution in [0.25, 0.3) is 11.3 Å². The molecule has 4 heterocycles. The SMILES string of the molecule is CCCOCCOCCOCCn1cc(-c2cc(C#N)cc(C(=O)N3CCC4(C3)NC(=O)N(CC3CCC3)C4=O)c2)nn1.COCCOCCOCCOCCOCCOCCOCCOCCOCCC(=O)ON1C(=O)CCC1=O. The Hall–Kier alpha value is -5.61. The zero-order chi connectivity index (χ0) is 57.8. The van der Waals surface area contributed by atoms with Crippen molar-refractivity contribution >= 4 is 35.6 Å². The minimum atomic E-state index is -1.09. The van der Waals surface area contributed by atoms with Crippen molar-refractivity contribution in [2.75, 3.05) is 179 Å². The molecule has 27 nitrogen and oxygen atoms in total. The number of nitriles is 1. The molecular weight excluding hydrogens is 1060 g/mol. The summed E-state index contributed by atoms with van der Waals surface area (Å²) in [5.41, 5.74) is 0.631. The Morgan fingerprint density at radius 2 is 1.19 bits per heavy atom. The maximum absolute atomic E-state index is 13.6. The first-order valence-corrected chi connectivity index (χ1v) is 27.9. The van der Waals surface area contributed by atoms with Crippen LogP contribution in [0.2, 0.25) is 0 Å². The van der Waals surface area contributed by atoms with Crippen molar-refractivity contribution in [1.29, 1.82) is 5.26 Å². The van der Waals surface area contributed by atoms with Gasteiger partial charge in [0.25, 0.3) is 23.6 Å².